The number of aromatic nitrogens is 3. The quantitative estimate of drug-likeness (QED) is 0.735. The molecule has 0 fully saturated rings. The van der Waals surface area contributed by atoms with Crippen molar-refractivity contribution in [3.8, 4) is 17.1 Å². The molecule has 0 bridgehead atoms. The second-order valence-corrected chi connectivity index (χ2v) is 4.65. The number of hydrogen-bond acceptors (Lipinski definition) is 4. The van der Waals surface area contributed by atoms with Crippen LogP contribution in [0, 0.1) is 0 Å². The lowest BCUT2D eigenvalue weighted by Crippen LogP contribution is -2.04. The Balaban J connectivity index is 1.82. The first kappa shape index (κ1) is 13.5. The lowest BCUT2D eigenvalue weighted by molar-refractivity contribution is 0.295. The molecule has 0 atom stereocenters. The third-order valence-corrected chi connectivity index (χ3v) is 2.97. The number of halogens is 1. The molecule has 0 N–H and O–H groups in total. The topological polar surface area (TPSA) is 47.9 Å². The standard InChI is InChI=1S/C16H12ClN3O/c17-16-19-14(11-21-13-9-5-2-6-10-13)18-15(20-16)12-7-3-1-4-8-12/h1-10H,11H2. The number of para-hydroxylation sites is 1. The lowest BCUT2D eigenvalue weighted by atomic mass is 10.2. The summed E-state index contributed by atoms with van der Waals surface area (Å²) in [5, 5.41) is 0.163. The fourth-order valence-electron chi connectivity index (χ4n) is 1.84. The Morgan fingerprint density at radius 3 is 2.19 bits per heavy atom. The van der Waals surface area contributed by atoms with Crippen molar-refractivity contribution in [3.05, 3.63) is 71.8 Å². The molecule has 0 aliphatic heterocycles. The molecule has 0 spiro atoms. The van der Waals surface area contributed by atoms with Crippen LogP contribution in [0.15, 0.2) is 60.7 Å². The van der Waals surface area contributed by atoms with Crippen LogP contribution < -0.4 is 4.74 Å². The van der Waals surface area contributed by atoms with E-state index in [1.165, 1.54) is 0 Å². The monoisotopic (exact) mass is 297 g/mol. The SMILES string of the molecule is Clc1nc(COc2ccccc2)nc(-c2ccccc2)n1. The number of nitrogens with zero attached hydrogens (tertiary/aromatic N) is 3. The predicted octanol–water partition coefficient (Wildman–Crippen LogP) is 3.77. The molecule has 1 heterocycles. The summed E-state index contributed by atoms with van der Waals surface area (Å²) in [6.07, 6.45) is 0. The van der Waals surface area contributed by atoms with Gasteiger partial charge in [-0.15, -0.1) is 0 Å². The van der Waals surface area contributed by atoms with Crippen molar-refractivity contribution in [2.24, 2.45) is 0 Å². The summed E-state index contributed by atoms with van der Waals surface area (Å²) in [5.41, 5.74) is 0.891. The van der Waals surface area contributed by atoms with Crippen molar-refractivity contribution in [1.29, 1.82) is 0 Å². The van der Waals surface area contributed by atoms with Crippen molar-refractivity contribution < 1.29 is 4.74 Å². The van der Waals surface area contributed by atoms with E-state index in [4.69, 9.17) is 16.3 Å². The molecule has 1 aromatic heterocycles. The zero-order valence-electron chi connectivity index (χ0n) is 11.1. The maximum Gasteiger partial charge on any atom is 0.226 e. The molecular weight excluding hydrogens is 286 g/mol. The minimum Gasteiger partial charge on any atom is -0.486 e. The molecule has 2 aromatic carbocycles. The molecule has 0 unspecified atom stereocenters. The van der Waals surface area contributed by atoms with E-state index in [9.17, 15) is 0 Å². The Bertz CT molecular complexity index is 720. The normalized spacial score (nSPS) is 10.3. The predicted molar refractivity (Wildman–Crippen MR) is 81.0 cm³/mol. The third-order valence-electron chi connectivity index (χ3n) is 2.80. The molecule has 3 rings (SSSR count). The van der Waals surface area contributed by atoms with E-state index >= 15 is 0 Å². The van der Waals surface area contributed by atoms with Gasteiger partial charge in [0.05, 0.1) is 0 Å². The van der Waals surface area contributed by atoms with Crippen molar-refractivity contribution in [3.63, 3.8) is 0 Å². The van der Waals surface area contributed by atoms with Gasteiger partial charge in [0.2, 0.25) is 5.28 Å². The summed E-state index contributed by atoms with van der Waals surface area (Å²) < 4.78 is 5.63. The Kier molecular flexibility index (Phi) is 4.07. The van der Waals surface area contributed by atoms with Crippen molar-refractivity contribution in [2.75, 3.05) is 0 Å². The van der Waals surface area contributed by atoms with Gasteiger partial charge in [0.1, 0.15) is 12.4 Å². The highest BCUT2D eigenvalue weighted by molar-refractivity contribution is 6.28. The van der Waals surface area contributed by atoms with E-state index in [1.54, 1.807) is 0 Å². The summed E-state index contributed by atoms with van der Waals surface area (Å²) in [6, 6.07) is 19.1. The van der Waals surface area contributed by atoms with Gasteiger partial charge in [0, 0.05) is 5.56 Å². The van der Waals surface area contributed by atoms with E-state index in [-0.39, 0.29) is 11.9 Å². The molecule has 0 radical (unpaired) electrons. The highest BCUT2D eigenvalue weighted by atomic mass is 35.5. The van der Waals surface area contributed by atoms with Crippen LogP contribution in [-0.2, 0) is 6.61 Å². The van der Waals surface area contributed by atoms with E-state index in [2.05, 4.69) is 15.0 Å². The molecule has 0 amide bonds. The molecule has 0 aliphatic carbocycles. The van der Waals surface area contributed by atoms with E-state index in [1.807, 2.05) is 60.7 Å². The average Bonchev–Trinajstić information content (AvgIpc) is 2.54. The van der Waals surface area contributed by atoms with Gasteiger partial charge in [-0.05, 0) is 23.7 Å². The van der Waals surface area contributed by atoms with Gasteiger partial charge in [0.15, 0.2) is 11.6 Å². The molecule has 0 saturated carbocycles. The summed E-state index contributed by atoms with van der Waals surface area (Å²) in [4.78, 5) is 12.6. The minimum absolute atomic E-state index is 0.163. The fourth-order valence-corrected chi connectivity index (χ4v) is 2.01. The van der Waals surface area contributed by atoms with Crippen LogP contribution in [0.4, 0.5) is 0 Å². The largest absolute Gasteiger partial charge is 0.486 e. The zero-order valence-corrected chi connectivity index (χ0v) is 11.9. The number of ether oxygens (including phenoxy) is 1. The van der Waals surface area contributed by atoms with E-state index < -0.39 is 0 Å². The van der Waals surface area contributed by atoms with Gasteiger partial charge in [0.25, 0.3) is 0 Å². The zero-order chi connectivity index (χ0) is 14.5. The maximum atomic E-state index is 5.96. The van der Waals surface area contributed by atoms with Gasteiger partial charge < -0.3 is 4.74 Å². The first-order chi connectivity index (χ1) is 10.3. The number of hydrogen-bond donors (Lipinski definition) is 0. The summed E-state index contributed by atoms with van der Waals surface area (Å²) in [5.74, 6) is 1.80. The molecule has 4 nitrogen and oxygen atoms in total. The first-order valence-electron chi connectivity index (χ1n) is 6.45. The van der Waals surface area contributed by atoms with Crippen LogP contribution in [-0.4, -0.2) is 15.0 Å². The fraction of sp³-hybridized carbons (Fsp3) is 0.0625. The Morgan fingerprint density at radius 1 is 0.810 bits per heavy atom. The highest BCUT2D eigenvalue weighted by Crippen LogP contribution is 2.17. The van der Waals surface area contributed by atoms with Gasteiger partial charge >= 0.3 is 0 Å². The van der Waals surface area contributed by atoms with Crippen LogP contribution in [0.3, 0.4) is 0 Å². The van der Waals surface area contributed by atoms with Crippen LogP contribution in [0.2, 0.25) is 5.28 Å². The molecule has 21 heavy (non-hydrogen) atoms. The average molecular weight is 298 g/mol. The van der Waals surface area contributed by atoms with Gasteiger partial charge in [-0.1, -0.05) is 48.5 Å². The van der Waals surface area contributed by atoms with E-state index in [0.29, 0.717) is 11.6 Å². The van der Waals surface area contributed by atoms with Gasteiger partial charge in [-0.3, -0.25) is 0 Å². The molecule has 0 saturated heterocycles. The molecular formula is C16H12ClN3O. The van der Waals surface area contributed by atoms with Crippen molar-refractivity contribution in [1.82, 2.24) is 15.0 Å². The highest BCUT2D eigenvalue weighted by Gasteiger charge is 2.07. The maximum absolute atomic E-state index is 5.96. The Hall–Kier alpha value is -2.46. The summed E-state index contributed by atoms with van der Waals surface area (Å²) in [7, 11) is 0. The smallest absolute Gasteiger partial charge is 0.226 e. The third kappa shape index (κ3) is 3.55. The van der Waals surface area contributed by atoms with Crippen LogP contribution in [0.5, 0.6) is 5.75 Å². The Labute approximate surface area is 127 Å². The second kappa shape index (κ2) is 6.33. The second-order valence-electron chi connectivity index (χ2n) is 4.31. The van der Waals surface area contributed by atoms with Gasteiger partial charge in [-0.25, -0.2) is 4.98 Å². The molecule has 5 heteroatoms. The first-order valence-corrected chi connectivity index (χ1v) is 6.83. The van der Waals surface area contributed by atoms with Crippen molar-refractivity contribution >= 4 is 11.6 Å². The molecule has 104 valence electrons. The molecule has 3 aromatic rings. The van der Waals surface area contributed by atoms with Gasteiger partial charge in [-0.2, -0.15) is 9.97 Å². The van der Waals surface area contributed by atoms with E-state index in [0.717, 1.165) is 11.3 Å². The summed E-state index contributed by atoms with van der Waals surface area (Å²) >= 11 is 5.96. The number of benzene rings is 2. The number of rotatable bonds is 4. The minimum atomic E-state index is 0.163. The van der Waals surface area contributed by atoms with Crippen LogP contribution in [0.25, 0.3) is 11.4 Å². The lowest BCUT2D eigenvalue weighted by Gasteiger charge is -2.06. The molecule has 0 aliphatic rings. The Morgan fingerprint density at radius 2 is 1.48 bits per heavy atom. The van der Waals surface area contributed by atoms with Crippen molar-refractivity contribution in [2.45, 2.75) is 6.61 Å². The van der Waals surface area contributed by atoms with Crippen LogP contribution in [0.1, 0.15) is 5.82 Å². The van der Waals surface area contributed by atoms with Crippen LogP contribution >= 0.6 is 11.6 Å². The summed E-state index contributed by atoms with van der Waals surface area (Å²) in [6.45, 7) is 0.242.